The van der Waals surface area contributed by atoms with E-state index in [1.54, 1.807) is 0 Å². The Balaban J connectivity index is 1.35. The van der Waals surface area contributed by atoms with E-state index < -0.39 is 0 Å². The second-order valence-corrected chi connectivity index (χ2v) is 6.33. The van der Waals surface area contributed by atoms with E-state index in [1.807, 2.05) is 0 Å². The van der Waals surface area contributed by atoms with E-state index in [0.29, 0.717) is 12.1 Å². The molecule has 3 aliphatic heterocycles. The number of carbonyl (C=O) groups is 1. The third kappa shape index (κ3) is 3.09. The van der Waals surface area contributed by atoms with E-state index in [2.05, 4.69) is 27.5 Å². The summed E-state index contributed by atoms with van der Waals surface area (Å²) in [6, 6.07) is 1.06. The number of amides is 1. The van der Waals surface area contributed by atoms with Crippen LogP contribution < -0.4 is 10.6 Å². The molecule has 3 unspecified atom stereocenters. The van der Waals surface area contributed by atoms with Crippen molar-refractivity contribution in [3.8, 4) is 0 Å². The van der Waals surface area contributed by atoms with Crippen molar-refractivity contribution in [1.82, 2.24) is 20.4 Å². The van der Waals surface area contributed by atoms with Crippen LogP contribution in [0.1, 0.15) is 19.3 Å². The first kappa shape index (κ1) is 13.3. The van der Waals surface area contributed by atoms with Gasteiger partial charge in [-0.15, -0.1) is 0 Å². The molecule has 0 aromatic heterocycles. The Bertz CT molecular complexity index is 327. The third-order valence-corrected chi connectivity index (χ3v) is 4.96. The minimum atomic E-state index is 0.228. The molecule has 3 fully saturated rings. The van der Waals surface area contributed by atoms with Crippen molar-refractivity contribution in [2.75, 3.05) is 46.3 Å². The third-order valence-electron chi connectivity index (χ3n) is 4.96. The highest BCUT2D eigenvalue weighted by Crippen LogP contribution is 2.33. The molecule has 0 aliphatic carbocycles. The summed E-state index contributed by atoms with van der Waals surface area (Å²) in [5, 5.41) is 6.66. The quantitative estimate of drug-likeness (QED) is 0.720. The lowest BCUT2D eigenvalue weighted by Crippen LogP contribution is -2.47. The molecule has 2 N–H and O–H groups in total. The molecule has 3 atom stereocenters. The van der Waals surface area contributed by atoms with Crippen LogP contribution in [0, 0.1) is 5.92 Å². The lowest BCUT2D eigenvalue weighted by Gasteiger charge is -2.32. The van der Waals surface area contributed by atoms with Gasteiger partial charge in [-0.1, -0.05) is 0 Å². The van der Waals surface area contributed by atoms with E-state index in [0.717, 1.165) is 45.7 Å². The largest absolute Gasteiger partial charge is 0.355 e. The molecule has 1 amide bonds. The van der Waals surface area contributed by atoms with Crippen molar-refractivity contribution >= 4 is 5.91 Å². The zero-order valence-electron chi connectivity index (χ0n) is 11.9. The van der Waals surface area contributed by atoms with E-state index in [9.17, 15) is 4.79 Å². The van der Waals surface area contributed by atoms with Crippen LogP contribution in [-0.2, 0) is 4.79 Å². The van der Waals surface area contributed by atoms with E-state index >= 15 is 0 Å². The number of hydrogen-bond donors (Lipinski definition) is 2. The molecule has 108 valence electrons. The zero-order chi connectivity index (χ0) is 13.2. The van der Waals surface area contributed by atoms with Gasteiger partial charge in [-0.05, 0) is 26.3 Å². The van der Waals surface area contributed by atoms with Crippen LogP contribution in [0.5, 0.6) is 0 Å². The summed E-state index contributed by atoms with van der Waals surface area (Å²) in [6.07, 6.45) is 3.49. The van der Waals surface area contributed by atoms with Gasteiger partial charge in [0.25, 0.3) is 0 Å². The first-order chi connectivity index (χ1) is 9.22. The fraction of sp³-hybridized carbons (Fsp3) is 0.929. The normalized spacial score (nSPS) is 35.7. The maximum absolute atomic E-state index is 12.2. The van der Waals surface area contributed by atoms with Crippen molar-refractivity contribution in [2.45, 2.75) is 31.3 Å². The van der Waals surface area contributed by atoms with Crippen molar-refractivity contribution in [1.29, 1.82) is 0 Å². The fourth-order valence-corrected chi connectivity index (χ4v) is 3.65. The smallest absolute Gasteiger partial charge is 0.224 e. The summed E-state index contributed by atoms with van der Waals surface area (Å²) >= 11 is 0. The van der Waals surface area contributed by atoms with Crippen LogP contribution in [0.2, 0.25) is 0 Å². The highest BCUT2D eigenvalue weighted by atomic mass is 16.1. The van der Waals surface area contributed by atoms with Gasteiger partial charge in [0, 0.05) is 51.4 Å². The Morgan fingerprint density at radius 2 is 2.05 bits per heavy atom. The lowest BCUT2D eigenvalue weighted by molar-refractivity contribution is -0.125. The first-order valence-electron chi connectivity index (χ1n) is 7.67. The maximum Gasteiger partial charge on any atom is 0.224 e. The number of rotatable bonds is 4. The van der Waals surface area contributed by atoms with Gasteiger partial charge in [-0.3, -0.25) is 9.69 Å². The van der Waals surface area contributed by atoms with Crippen LogP contribution in [0.4, 0.5) is 0 Å². The lowest BCUT2D eigenvalue weighted by atomic mass is 9.88. The number of piperazine rings is 1. The van der Waals surface area contributed by atoms with E-state index in [1.165, 1.54) is 12.8 Å². The van der Waals surface area contributed by atoms with Gasteiger partial charge in [-0.25, -0.2) is 0 Å². The van der Waals surface area contributed by atoms with Crippen LogP contribution >= 0.6 is 0 Å². The summed E-state index contributed by atoms with van der Waals surface area (Å²) in [7, 11) is 2.17. The van der Waals surface area contributed by atoms with Crippen molar-refractivity contribution in [3.05, 3.63) is 0 Å². The van der Waals surface area contributed by atoms with Gasteiger partial charge >= 0.3 is 0 Å². The Kier molecular flexibility index (Phi) is 4.05. The molecular weight excluding hydrogens is 240 g/mol. The van der Waals surface area contributed by atoms with Crippen LogP contribution in [0.25, 0.3) is 0 Å². The molecule has 0 radical (unpaired) electrons. The molecule has 3 heterocycles. The van der Waals surface area contributed by atoms with Crippen molar-refractivity contribution < 1.29 is 4.79 Å². The average Bonchev–Trinajstić information content (AvgIpc) is 3.03. The predicted molar refractivity (Wildman–Crippen MR) is 75.0 cm³/mol. The molecule has 3 rings (SSSR count). The standard InChI is InChI=1S/C14H26N4O/c1-17-6-8-18(9-7-17)5-4-15-14(19)12-10-11-2-3-13(12)16-11/h11-13,16H,2-10H2,1H3,(H,15,19). The summed E-state index contributed by atoms with van der Waals surface area (Å²) in [6.45, 7) is 6.34. The molecule has 3 aliphatic rings. The highest BCUT2D eigenvalue weighted by Gasteiger charge is 2.42. The van der Waals surface area contributed by atoms with Crippen LogP contribution in [0.15, 0.2) is 0 Å². The molecule has 5 heteroatoms. The second-order valence-electron chi connectivity index (χ2n) is 6.33. The SMILES string of the molecule is CN1CCN(CCNC(=O)C2CC3CCC2N3)CC1. The van der Waals surface area contributed by atoms with Gasteiger partial charge in [0.2, 0.25) is 5.91 Å². The van der Waals surface area contributed by atoms with Gasteiger partial charge < -0.3 is 15.5 Å². The molecular formula is C14H26N4O. The predicted octanol–water partition coefficient (Wildman–Crippen LogP) is -0.509. The summed E-state index contributed by atoms with van der Waals surface area (Å²) in [5.41, 5.74) is 0. The highest BCUT2D eigenvalue weighted by molar-refractivity contribution is 5.80. The number of fused-ring (bicyclic) bond motifs is 2. The molecule has 0 saturated carbocycles. The second kappa shape index (κ2) is 5.77. The molecule has 5 nitrogen and oxygen atoms in total. The van der Waals surface area contributed by atoms with Gasteiger partial charge in [0.1, 0.15) is 0 Å². The molecule has 19 heavy (non-hydrogen) atoms. The van der Waals surface area contributed by atoms with Crippen molar-refractivity contribution in [2.24, 2.45) is 5.92 Å². The average molecular weight is 266 g/mol. The van der Waals surface area contributed by atoms with Gasteiger partial charge in [-0.2, -0.15) is 0 Å². The zero-order valence-corrected chi connectivity index (χ0v) is 11.9. The fourth-order valence-electron chi connectivity index (χ4n) is 3.65. The topological polar surface area (TPSA) is 47.6 Å². The molecule has 0 spiro atoms. The van der Waals surface area contributed by atoms with Crippen LogP contribution in [-0.4, -0.2) is 74.1 Å². The van der Waals surface area contributed by atoms with E-state index in [4.69, 9.17) is 0 Å². The van der Waals surface area contributed by atoms with Gasteiger partial charge in [0.15, 0.2) is 0 Å². The summed E-state index contributed by atoms with van der Waals surface area (Å²) < 4.78 is 0. The Morgan fingerprint density at radius 3 is 2.68 bits per heavy atom. The first-order valence-corrected chi connectivity index (χ1v) is 7.67. The van der Waals surface area contributed by atoms with E-state index in [-0.39, 0.29) is 11.8 Å². The number of hydrogen-bond acceptors (Lipinski definition) is 4. The minimum absolute atomic E-state index is 0.228. The molecule has 0 aromatic carbocycles. The molecule has 0 aromatic rings. The minimum Gasteiger partial charge on any atom is -0.355 e. The van der Waals surface area contributed by atoms with Gasteiger partial charge in [0.05, 0.1) is 5.92 Å². The number of nitrogens with one attached hydrogen (secondary N) is 2. The van der Waals surface area contributed by atoms with Crippen molar-refractivity contribution in [3.63, 3.8) is 0 Å². The maximum atomic E-state index is 12.2. The Hall–Kier alpha value is -0.650. The number of likely N-dealkylation sites (N-methyl/N-ethyl adjacent to an activating group) is 1. The molecule has 2 bridgehead atoms. The number of nitrogens with zero attached hydrogens (tertiary/aromatic N) is 2. The van der Waals surface area contributed by atoms with Crippen LogP contribution in [0.3, 0.4) is 0 Å². The summed E-state index contributed by atoms with van der Waals surface area (Å²) in [4.78, 5) is 17.0. The molecule has 3 saturated heterocycles. The monoisotopic (exact) mass is 266 g/mol. The summed E-state index contributed by atoms with van der Waals surface area (Å²) in [5.74, 6) is 0.500. The number of carbonyl (C=O) groups excluding carboxylic acids is 1. The Morgan fingerprint density at radius 1 is 1.26 bits per heavy atom. The Labute approximate surface area is 115 Å².